The molecule has 4 heterocycles. The SMILES string of the molecule is [2H]C([2H])([2H])Oc1ccnc(C[S@@](=O)c2nc3ccc(OC(F)F)cc3[nH]2)c1OC.[2H]C([2H])([2H])Oc1ccnc(C[S@@](=O)c2nc3ccc(OC(F)F)cc3[nH]2)c1OC.[H-].[H-].[Mg+2]. The van der Waals surface area contributed by atoms with Crippen molar-refractivity contribution in [1.29, 1.82) is 0 Å². The molecule has 2 N–H and O–H groups in total. The molecule has 0 aliphatic rings. The van der Waals surface area contributed by atoms with Gasteiger partial charge in [0.2, 0.25) is 0 Å². The maximum Gasteiger partial charge on any atom is 2.00 e. The normalized spacial score (nSPS) is 14.3. The number of nitrogens with zero attached hydrogens (tertiary/aromatic N) is 4. The molecule has 0 spiro atoms. The summed E-state index contributed by atoms with van der Waals surface area (Å²) in [6.07, 6.45) is 2.62. The van der Waals surface area contributed by atoms with Crippen LogP contribution in [0.15, 0.2) is 71.2 Å². The topological polar surface area (TPSA) is 173 Å². The number of benzene rings is 2. The van der Waals surface area contributed by atoms with Crippen molar-refractivity contribution in [3.63, 3.8) is 0 Å². The van der Waals surface area contributed by atoms with Crippen molar-refractivity contribution in [1.82, 2.24) is 29.9 Å². The Bertz CT molecular complexity index is 2270. The van der Waals surface area contributed by atoms with Gasteiger partial charge < -0.3 is 41.2 Å². The van der Waals surface area contributed by atoms with Crippen LogP contribution in [0, 0.1) is 0 Å². The molecule has 53 heavy (non-hydrogen) atoms. The molecule has 0 saturated carbocycles. The van der Waals surface area contributed by atoms with Crippen LogP contribution in [0.5, 0.6) is 34.5 Å². The van der Waals surface area contributed by atoms with Crippen molar-refractivity contribution in [3.8, 4) is 34.5 Å². The van der Waals surface area contributed by atoms with Crippen LogP contribution < -0.4 is 28.4 Å². The van der Waals surface area contributed by atoms with Gasteiger partial charge in [-0.25, -0.2) is 9.97 Å². The van der Waals surface area contributed by atoms with Crippen LogP contribution >= 0.6 is 0 Å². The average Bonchev–Trinajstić information content (AvgIpc) is 3.75. The van der Waals surface area contributed by atoms with Gasteiger partial charge in [0.25, 0.3) is 0 Å². The number of methoxy groups -OCH3 is 4. The molecule has 14 nitrogen and oxygen atoms in total. The fourth-order valence-corrected chi connectivity index (χ4v) is 6.66. The number of nitrogens with one attached hydrogen (secondary N) is 2. The van der Waals surface area contributed by atoms with E-state index in [1.807, 2.05) is 0 Å². The molecule has 0 aliphatic heterocycles. The minimum Gasteiger partial charge on any atom is -1.00 e. The number of H-pyrrole nitrogens is 2. The second kappa shape index (κ2) is 18.8. The molecule has 2 atom stereocenters. The number of imidazole rings is 2. The second-order valence-electron chi connectivity index (χ2n) is 9.96. The average molecular weight is 799 g/mol. The number of fused-ring (bicyclic) bond motifs is 2. The fraction of sp³-hybridized carbons (Fsp3) is 0.250. The smallest absolute Gasteiger partial charge is 1.00 e. The third kappa shape index (κ3) is 10.2. The number of aromatic amines is 2. The van der Waals surface area contributed by atoms with Crippen molar-refractivity contribution in [3.05, 3.63) is 72.3 Å². The molecule has 0 amide bonds. The van der Waals surface area contributed by atoms with Crippen molar-refractivity contribution in [2.24, 2.45) is 0 Å². The first-order valence-corrected chi connectivity index (χ1v) is 17.0. The summed E-state index contributed by atoms with van der Waals surface area (Å²) in [5.74, 6) is -0.469. The molecule has 0 unspecified atom stereocenters. The van der Waals surface area contributed by atoms with Crippen LogP contribution in [-0.4, -0.2) is 103 Å². The predicted molar refractivity (Wildman–Crippen MR) is 188 cm³/mol. The zero-order chi connectivity index (χ0) is 42.4. The van der Waals surface area contributed by atoms with E-state index in [0.29, 0.717) is 22.1 Å². The number of hydrogen-bond donors (Lipinski definition) is 2. The van der Waals surface area contributed by atoms with E-state index in [0.717, 1.165) is 0 Å². The van der Waals surface area contributed by atoms with Gasteiger partial charge in [-0.05, 0) is 24.3 Å². The van der Waals surface area contributed by atoms with E-state index in [2.05, 4.69) is 39.4 Å². The van der Waals surface area contributed by atoms with Gasteiger partial charge in [-0.3, -0.25) is 18.4 Å². The molecule has 4 aromatic heterocycles. The Morgan fingerprint density at radius 2 is 1.11 bits per heavy atom. The number of aromatic nitrogens is 6. The number of ether oxygens (including phenoxy) is 6. The summed E-state index contributed by atoms with van der Waals surface area (Å²) in [5, 5.41) is 0.167. The van der Waals surface area contributed by atoms with Gasteiger partial charge in [-0.2, -0.15) is 17.6 Å². The van der Waals surface area contributed by atoms with E-state index in [9.17, 15) is 26.0 Å². The summed E-state index contributed by atoms with van der Waals surface area (Å²) in [7, 11) is -6.22. The van der Waals surface area contributed by atoms with E-state index < -0.39 is 48.9 Å². The summed E-state index contributed by atoms with van der Waals surface area (Å²) in [6, 6.07) is 10.8. The van der Waals surface area contributed by atoms with Crippen LogP contribution in [0.25, 0.3) is 22.1 Å². The molecular weight excluding hydrogens is 761 g/mol. The molecule has 0 aliphatic carbocycles. The quantitative estimate of drug-likeness (QED) is 0.103. The third-order valence-electron chi connectivity index (χ3n) is 6.79. The van der Waals surface area contributed by atoms with E-state index in [-0.39, 0.29) is 93.6 Å². The fourth-order valence-electron chi connectivity index (χ4n) is 4.63. The van der Waals surface area contributed by atoms with Gasteiger partial charge in [-0.1, -0.05) is 0 Å². The van der Waals surface area contributed by atoms with Gasteiger partial charge >= 0.3 is 36.3 Å². The predicted octanol–water partition coefficient (Wildman–Crippen LogP) is 5.61. The maximum atomic E-state index is 12.7. The van der Waals surface area contributed by atoms with Crippen molar-refractivity contribution in [2.75, 3.05) is 28.3 Å². The molecule has 0 saturated heterocycles. The number of alkyl halides is 4. The van der Waals surface area contributed by atoms with Crippen molar-refractivity contribution < 1.29 is 65.5 Å². The molecule has 6 rings (SSSR count). The van der Waals surface area contributed by atoms with E-state index in [1.165, 1.54) is 75.1 Å². The van der Waals surface area contributed by atoms with Crippen molar-refractivity contribution in [2.45, 2.75) is 35.0 Å². The monoisotopic (exact) mass is 798 g/mol. The molecule has 0 radical (unpaired) electrons. The van der Waals surface area contributed by atoms with Gasteiger partial charge in [-0.15, -0.1) is 0 Å². The molecule has 0 fully saturated rings. The van der Waals surface area contributed by atoms with Gasteiger partial charge in [0.1, 0.15) is 11.5 Å². The van der Waals surface area contributed by atoms with Crippen molar-refractivity contribution >= 4 is 66.7 Å². The number of halogens is 4. The van der Waals surface area contributed by atoms with Crippen LogP contribution in [-0.2, 0) is 33.1 Å². The summed E-state index contributed by atoms with van der Waals surface area (Å²) in [4.78, 5) is 22.1. The summed E-state index contributed by atoms with van der Waals surface area (Å²) in [5.41, 5.74) is 1.96. The van der Waals surface area contributed by atoms with E-state index in [1.54, 1.807) is 0 Å². The number of rotatable bonds is 14. The first-order chi connectivity index (χ1) is 27.3. The number of hydrogen-bond acceptors (Lipinski definition) is 12. The molecule has 2 aromatic carbocycles. The first kappa shape index (κ1) is 32.9. The van der Waals surface area contributed by atoms with Crippen LogP contribution in [0.4, 0.5) is 17.6 Å². The number of pyridine rings is 2. The Hall–Kier alpha value is -4.73. The summed E-state index contributed by atoms with van der Waals surface area (Å²) in [6.45, 7) is -5.93. The molecule has 21 heteroatoms. The van der Waals surface area contributed by atoms with Gasteiger partial charge in [0.05, 0.1) is 103 Å². The molecule has 0 bridgehead atoms. The molecule has 280 valence electrons. The standard InChI is InChI=1S/2C16H15F2N3O4S.Mg.2H/c2*1-23-13-5-6-19-12(14(13)24-2)8-26(22)16-20-10-4-3-9(25-15(17)18)7-11(10)21-16;;;/h2*3-7,15H,8H2,1-2H3,(H,20,21);;;/q;;+2;2*-1/t2*26-;;;/m11.../s1/i2*1D3;;;. The van der Waals surface area contributed by atoms with Gasteiger partial charge in [0, 0.05) is 36.7 Å². The van der Waals surface area contributed by atoms with Gasteiger partial charge in [0.15, 0.2) is 33.3 Å². The zero-order valence-corrected chi connectivity index (χ0v) is 30.5. The van der Waals surface area contributed by atoms with E-state index in [4.69, 9.17) is 27.2 Å². The second-order valence-corrected chi connectivity index (χ2v) is 12.7. The molecule has 6 aromatic rings. The third-order valence-corrected chi connectivity index (χ3v) is 9.11. The Balaban J connectivity index is 0.000000400. The Labute approximate surface area is 331 Å². The summed E-state index contributed by atoms with van der Waals surface area (Å²) < 4.78 is 147. The maximum absolute atomic E-state index is 12.7. The Morgan fingerprint density at radius 3 is 1.47 bits per heavy atom. The van der Waals surface area contributed by atoms with E-state index >= 15 is 0 Å². The molecular formula is C32H32F4MgN6O8S2. The zero-order valence-electron chi connectivity index (χ0n) is 35.4. The summed E-state index contributed by atoms with van der Waals surface area (Å²) >= 11 is 0. The Kier molecular flexibility index (Phi) is 11.7. The van der Waals surface area contributed by atoms with Crippen LogP contribution in [0.3, 0.4) is 0 Å². The minimum atomic E-state index is -2.97. The van der Waals surface area contributed by atoms with Crippen LogP contribution in [0.2, 0.25) is 0 Å². The van der Waals surface area contributed by atoms with Crippen LogP contribution in [0.1, 0.15) is 22.5 Å². The minimum absolute atomic E-state index is 0. The first-order valence-electron chi connectivity index (χ1n) is 17.4. The largest absolute Gasteiger partial charge is 2.00 e. The Morgan fingerprint density at radius 1 is 0.698 bits per heavy atom.